The highest BCUT2D eigenvalue weighted by molar-refractivity contribution is 9.10. The van der Waals surface area contributed by atoms with E-state index in [1.807, 2.05) is 13.8 Å². The first-order valence-electron chi connectivity index (χ1n) is 7.11. The van der Waals surface area contributed by atoms with Crippen molar-refractivity contribution in [1.82, 2.24) is 9.97 Å². The number of anilines is 1. The number of hydrogen-bond acceptors (Lipinski definition) is 4. The van der Waals surface area contributed by atoms with Gasteiger partial charge in [-0.2, -0.15) is 13.2 Å². The molecule has 1 aromatic heterocycles. The Labute approximate surface area is 144 Å². The predicted molar refractivity (Wildman–Crippen MR) is 86.7 cm³/mol. The van der Waals surface area contributed by atoms with E-state index in [1.54, 1.807) is 12.1 Å². The van der Waals surface area contributed by atoms with Gasteiger partial charge in [0.1, 0.15) is 11.9 Å². The molecule has 0 saturated carbocycles. The summed E-state index contributed by atoms with van der Waals surface area (Å²) < 4.78 is 39.6. The largest absolute Gasteiger partial charge is 0.480 e. The van der Waals surface area contributed by atoms with Crippen molar-refractivity contribution in [3.8, 4) is 0 Å². The Balaban J connectivity index is 2.57. The summed E-state index contributed by atoms with van der Waals surface area (Å²) in [6.45, 7) is 3.65. The van der Waals surface area contributed by atoms with Crippen LogP contribution in [0.5, 0.6) is 0 Å². The van der Waals surface area contributed by atoms with E-state index >= 15 is 0 Å². The van der Waals surface area contributed by atoms with Crippen molar-refractivity contribution in [2.75, 3.05) is 5.32 Å². The highest BCUT2D eigenvalue weighted by Gasteiger charge is 2.36. The molecule has 0 aliphatic heterocycles. The van der Waals surface area contributed by atoms with Crippen LogP contribution in [0.2, 0.25) is 0 Å². The molecule has 0 saturated heterocycles. The van der Waals surface area contributed by atoms with Gasteiger partial charge in [0.05, 0.1) is 5.52 Å². The molecule has 0 aliphatic carbocycles. The average molecular weight is 406 g/mol. The number of nitrogens with one attached hydrogen (secondary N) is 1. The van der Waals surface area contributed by atoms with Crippen LogP contribution in [0.1, 0.15) is 26.1 Å². The number of alkyl halides is 3. The average Bonchev–Trinajstić information content (AvgIpc) is 2.45. The van der Waals surface area contributed by atoms with Crippen LogP contribution in [0.4, 0.5) is 19.0 Å². The maximum absolute atomic E-state index is 13.0. The van der Waals surface area contributed by atoms with Gasteiger partial charge in [-0.05, 0) is 30.5 Å². The summed E-state index contributed by atoms with van der Waals surface area (Å²) in [6.07, 6.45) is -4.48. The van der Waals surface area contributed by atoms with Crippen LogP contribution >= 0.6 is 15.9 Å². The second-order valence-corrected chi connectivity index (χ2v) is 6.64. The third-order valence-electron chi connectivity index (χ3n) is 3.23. The number of carboxylic acid groups (broad SMARTS) is 1. The normalized spacial score (nSPS) is 13.3. The van der Waals surface area contributed by atoms with Crippen molar-refractivity contribution in [3.05, 3.63) is 28.5 Å². The first-order valence-corrected chi connectivity index (χ1v) is 7.91. The van der Waals surface area contributed by atoms with E-state index in [4.69, 9.17) is 0 Å². The predicted octanol–water partition coefficient (Wildman–Crippen LogP) is 4.32. The van der Waals surface area contributed by atoms with E-state index in [-0.39, 0.29) is 23.7 Å². The molecule has 5 nitrogen and oxygen atoms in total. The van der Waals surface area contributed by atoms with Gasteiger partial charge in [0.15, 0.2) is 0 Å². The van der Waals surface area contributed by atoms with Crippen LogP contribution in [0.25, 0.3) is 10.9 Å². The molecule has 0 radical (unpaired) electrons. The zero-order valence-electron chi connectivity index (χ0n) is 12.9. The van der Waals surface area contributed by atoms with E-state index < -0.39 is 24.0 Å². The SMILES string of the molecule is CC(C)CC(Nc1nc(C(F)(F)F)nc2ccc(Br)cc12)C(=O)O. The monoisotopic (exact) mass is 405 g/mol. The molecule has 0 amide bonds. The number of aromatic nitrogens is 2. The number of hydrogen-bond donors (Lipinski definition) is 2. The lowest BCUT2D eigenvalue weighted by Gasteiger charge is -2.19. The van der Waals surface area contributed by atoms with E-state index in [0.717, 1.165) is 0 Å². The molecule has 2 aromatic rings. The molecule has 1 unspecified atom stereocenters. The number of aliphatic carboxylic acids is 1. The zero-order valence-corrected chi connectivity index (χ0v) is 14.4. The molecule has 1 heterocycles. The Morgan fingerprint density at radius 3 is 2.54 bits per heavy atom. The molecule has 24 heavy (non-hydrogen) atoms. The van der Waals surface area contributed by atoms with E-state index in [0.29, 0.717) is 9.86 Å². The van der Waals surface area contributed by atoms with Crippen LogP contribution in [0.15, 0.2) is 22.7 Å². The number of carbonyl (C=O) groups is 1. The van der Waals surface area contributed by atoms with Gasteiger partial charge in [-0.1, -0.05) is 29.8 Å². The maximum atomic E-state index is 13.0. The first-order chi connectivity index (χ1) is 11.1. The third kappa shape index (κ3) is 4.34. The van der Waals surface area contributed by atoms with E-state index in [1.165, 1.54) is 6.07 Å². The Morgan fingerprint density at radius 1 is 1.33 bits per heavy atom. The van der Waals surface area contributed by atoms with Gasteiger partial charge < -0.3 is 10.4 Å². The van der Waals surface area contributed by atoms with Crippen molar-refractivity contribution in [2.24, 2.45) is 5.92 Å². The number of nitrogens with zero attached hydrogens (tertiary/aromatic N) is 2. The molecule has 1 atom stereocenters. The smallest absolute Gasteiger partial charge is 0.451 e. The lowest BCUT2D eigenvalue weighted by Crippen LogP contribution is -2.31. The fraction of sp³-hybridized carbons (Fsp3) is 0.400. The van der Waals surface area contributed by atoms with Gasteiger partial charge >= 0.3 is 12.1 Å². The molecule has 9 heteroatoms. The summed E-state index contributed by atoms with van der Waals surface area (Å²) in [7, 11) is 0. The molecule has 2 rings (SSSR count). The summed E-state index contributed by atoms with van der Waals surface area (Å²) in [5.74, 6) is -2.57. The van der Waals surface area contributed by atoms with E-state index in [9.17, 15) is 23.1 Å². The number of carboxylic acids is 1. The van der Waals surface area contributed by atoms with Crippen LogP contribution in [0, 0.1) is 5.92 Å². The van der Waals surface area contributed by atoms with Gasteiger partial charge in [-0.3, -0.25) is 0 Å². The topological polar surface area (TPSA) is 75.1 Å². The van der Waals surface area contributed by atoms with Crippen LogP contribution in [-0.4, -0.2) is 27.1 Å². The fourth-order valence-corrected chi connectivity index (χ4v) is 2.56. The molecular formula is C15H15BrF3N3O2. The highest BCUT2D eigenvalue weighted by Crippen LogP contribution is 2.32. The standard InChI is InChI=1S/C15H15BrF3N3O2/c1-7(2)5-11(13(23)24)20-12-9-6-8(16)3-4-10(9)21-14(22-12)15(17,18)19/h3-4,6-7,11H,5H2,1-2H3,(H,23,24)(H,20,21,22). The Bertz CT molecular complexity index is 765. The zero-order chi connectivity index (χ0) is 18.1. The Hall–Kier alpha value is -1.90. The second kappa shape index (κ2) is 6.92. The number of fused-ring (bicyclic) bond motifs is 1. The number of halogens is 4. The molecular weight excluding hydrogens is 391 g/mol. The van der Waals surface area contributed by atoms with Crippen molar-refractivity contribution in [3.63, 3.8) is 0 Å². The third-order valence-corrected chi connectivity index (χ3v) is 3.72. The molecule has 130 valence electrons. The highest BCUT2D eigenvalue weighted by atomic mass is 79.9. The van der Waals surface area contributed by atoms with Crippen molar-refractivity contribution in [2.45, 2.75) is 32.5 Å². The van der Waals surface area contributed by atoms with Gasteiger partial charge in [0.2, 0.25) is 5.82 Å². The summed E-state index contributed by atoms with van der Waals surface area (Å²) in [5.41, 5.74) is 0.0803. The minimum absolute atomic E-state index is 0.0422. The Morgan fingerprint density at radius 2 is 2.00 bits per heavy atom. The van der Waals surface area contributed by atoms with Crippen molar-refractivity contribution in [1.29, 1.82) is 0 Å². The van der Waals surface area contributed by atoms with Gasteiger partial charge in [-0.25, -0.2) is 14.8 Å². The van der Waals surface area contributed by atoms with Crippen LogP contribution < -0.4 is 5.32 Å². The summed E-state index contributed by atoms with van der Waals surface area (Å²) in [4.78, 5) is 18.4. The second-order valence-electron chi connectivity index (χ2n) is 5.72. The minimum atomic E-state index is -4.73. The van der Waals surface area contributed by atoms with Gasteiger partial charge in [0, 0.05) is 9.86 Å². The summed E-state index contributed by atoms with van der Waals surface area (Å²) >= 11 is 3.24. The fourth-order valence-electron chi connectivity index (χ4n) is 2.20. The van der Waals surface area contributed by atoms with Crippen molar-refractivity contribution >= 4 is 38.6 Å². The van der Waals surface area contributed by atoms with Crippen LogP contribution in [-0.2, 0) is 11.0 Å². The first kappa shape index (κ1) is 18.4. The molecule has 0 bridgehead atoms. The summed E-state index contributed by atoms with van der Waals surface area (Å²) in [5, 5.41) is 12.2. The molecule has 1 aromatic carbocycles. The summed E-state index contributed by atoms with van der Waals surface area (Å²) in [6, 6.07) is 3.47. The van der Waals surface area contributed by atoms with E-state index in [2.05, 4.69) is 31.2 Å². The number of rotatable bonds is 5. The van der Waals surface area contributed by atoms with Crippen LogP contribution in [0.3, 0.4) is 0 Å². The number of benzene rings is 1. The quantitative estimate of drug-likeness (QED) is 0.774. The molecule has 2 N–H and O–H groups in total. The molecule has 0 spiro atoms. The van der Waals surface area contributed by atoms with Gasteiger partial charge in [0.25, 0.3) is 0 Å². The lowest BCUT2D eigenvalue weighted by atomic mass is 10.0. The molecule has 0 fully saturated rings. The van der Waals surface area contributed by atoms with Crippen molar-refractivity contribution < 1.29 is 23.1 Å². The molecule has 0 aliphatic rings. The minimum Gasteiger partial charge on any atom is -0.480 e. The Kier molecular flexibility index (Phi) is 5.32. The van der Waals surface area contributed by atoms with Gasteiger partial charge in [-0.15, -0.1) is 0 Å². The maximum Gasteiger partial charge on any atom is 0.451 e. The lowest BCUT2D eigenvalue weighted by molar-refractivity contribution is -0.144.